The maximum absolute atomic E-state index is 12.6. The number of benzene rings is 2. The van der Waals surface area contributed by atoms with Gasteiger partial charge in [0, 0.05) is 24.3 Å². The maximum Gasteiger partial charge on any atom is 0.229 e. The molecule has 0 bridgehead atoms. The van der Waals surface area contributed by atoms with Crippen LogP contribution in [0, 0.1) is 5.92 Å². The average Bonchev–Trinajstić information content (AvgIpc) is 3.04. The van der Waals surface area contributed by atoms with E-state index in [0.29, 0.717) is 28.9 Å². The van der Waals surface area contributed by atoms with Gasteiger partial charge in [0.15, 0.2) is 0 Å². The van der Waals surface area contributed by atoms with Crippen LogP contribution >= 0.6 is 11.6 Å². The molecule has 2 aromatic rings. The maximum atomic E-state index is 12.6. The van der Waals surface area contributed by atoms with E-state index in [1.54, 1.807) is 23.1 Å². The van der Waals surface area contributed by atoms with E-state index in [9.17, 15) is 9.59 Å². The van der Waals surface area contributed by atoms with Crippen LogP contribution in [0.2, 0.25) is 5.02 Å². The Morgan fingerprint density at radius 1 is 1.22 bits per heavy atom. The monoisotopic (exact) mass is 386 g/mol. The molecule has 0 spiro atoms. The van der Waals surface area contributed by atoms with Crippen molar-refractivity contribution in [1.29, 1.82) is 0 Å². The molecule has 2 aromatic carbocycles. The zero-order valence-electron chi connectivity index (χ0n) is 15.7. The van der Waals surface area contributed by atoms with Crippen LogP contribution in [0.5, 0.6) is 5.75 Å². The summed E-state index contributed by atoms with van der Waals surface area (Å²) in [6, 6.07) is 13.0. The summed E-state index contributed by atoms with van der Waals surface area (Å²) in [5.41, 5.74) is 2.62. The predicted octanol–water partition coefficient (Wildman–Crippen LogP) is 4.46. The third-order valence-electron chi connectivity index (χ3n) is 4.79. The average molecular weight is 387 g/mol. The highest BCUT2D eigenvalue weighted by Crippen LogP contribution is 2.32. The van der Waals surface area contributed by atoms with E-state index < -0.39 is 5.92 Å². The number of methoxy groups -OCH3 is 1. The Labute approximate surface area is 164 Å². The van der Waals surface area contributed by atoms with Gasteiger partial charge in [-0.15, -0.1) is 0 Å². The highest BCUT2D eigenvalue weighted by atomic mass is 35.5. The molecule has 0 radical (unpaired) electrons. The van der Waals surface area contributed by atoms with Gasteiger partial charge in [0.1, 0.15) is 5.75 Å². The van der Waals surface area contributed by atoms with Crippen molar-refractivity contribution < 1.29 is 14.3 Å². The molecule has 6 heteroatoms. The fraction of sp³-hybridized carbons (Fsp3) is 0.333. The number of halogens is 1. The summed E-state index contributed by atoms with van der Waals surface area (Å²) < 4.78 is 5.14. The van der Waals surface area contributed by atoms with Gasteiger partial charge >= 0.3 is 0 Å². The van der Waals surface area contributed by atoms with Gasteiger partial charge in [0.2, 0.25) is 11.8 Å². The van der Waals surface area contributed by atoms with E-state index in [1.807, 2.05) is 24.3 Å². The van der Waals surface area contributed by atoms with Crippen molar-refractivity contribution in [1.82, 2.24) is 0 Å². The van der Waals surface area contributed by atoms with Gasteiger partial charge in [-0.3, -0.25) is 9.59 Å². The van der Waals surface area contributed by atoms with Crippen LogP contribution in [0.3, 0.4) is 0 Å². The summed E-state index contributed by atoms with van der Waals surface area (Å²) in [5.74, 6) is 0.343. The smallest absolute Gasteiger partial charge is 0.229 e. The Hall–Kier alpha value is -2.53. The molecule has 0 aliphatic carbocycles. The molecule has 1 fully saturated rings. The van der Waals surface area contributed by atoms with E-state index >= 15 is 0 Å². The summed E-state index contributed by atoms with van der Waals surface area (Å²) in [4.78, 5) is 26.6. The van der Waals surface area contributed by atoms with Crippen molar-refractivity contribution in [3.8, 4) is 5.75 Å². The molecule has 1 unspecified atom stereocenters. The Balaban J connectivity index is 1.67. The SMILES string of the molecule is COc1ccc(N2CC(C(=O)Nc3ccc(C(C)C)cc3)CC2=O)cc1Cl. The minimum atomic E-state index is -0.400. The molecule has 0 saturated carbocycles. The molecule has 1 saturated heterocycles. The number of carbonyl (C=O) groups excluding carboxylic acids is 2. The molecule has 1 atom stereocenters. The first-order chi connectivity index (χ1) is 12.9. The number of hydrogen-bond donors (Lipinski definition) is 1. The first kappa shape index (κ1) is 19.2. The van der Waals surface area contributed by atoms with Gasteiger partial charge in [0.25, 0.3) is 0 Å². The van der Waals surface area contributed by atoms with Gasteiger partial charge in [-0.05, 0) is 41.8 Å². The Kier molecular flexibility index (Phi) is 5.71. The van der Waals surface area contributed by atoms with Gasteiger partial charge < -0.3 is 15.0 Å². The largest absolute Gasteiger partial charge is 0.495 e. The standard InChI is InChI=1S/C21H23ClN2O3/c1-13(2)14-4-6-16(7-5-14)23-21(26)15-10-20(25)24(12-15)17-8-9-19(27-3)18(22)11-17/h4-9,11,13,15H,10,12H2,1-3H3,(H,23,26). The number of nitrogens with zero attached hydrogens (tertiary/aromatic N) is 1. The van der Waals surface area contributed by atoms with Gasteiger partial charge in [-0.2, -0.15) is 0 Å². The van der Waals surface area contributed by atoms with Crippen LogP contribution in [0.25, 0.3) is 0 Å². The second kappa shape index (κ2) is 8.01. The first-order valence-electron chi connectivity index (χ1n) is 8.93. The second-order valence-corrected chi connectivity index (χ2v) is 7.40. The molecule has 142 valence electrons. The lowest BCUT2D eigenvalue weighted by Crippen LogP contribution is -2.28. The molecule has 1 aliphatic rings. The minimum absolute atomic E-state index is 0.0912. The Morgan fingerprint density at radius 3 is 2.52 bits per heavy atom. The van der Waals surface area contributed by atoms with Gasteiger partial charge in [-0.25, -0.2) is 0 Å². The molecule has 3 rings (SSSR count). The summed E-state index contributed by atoms with van der Waals surface area (Å²) in [6.07, 6.45) is 0.180. The van der Waals surface area contributed by atoms with E-state index in [-0.39, 0.29) is 18.2 Å². The van der Waals surface area contributed by atoms with Gasteiger partial charge in [0.05, 0.1) is 18.1 Å². The minimum Gasteiger partial charge on any atom is -0.495 e. The highest BCUT2D eigenvalue weighted by Gasteiger charge is 2.35. The summed E-state index contributed by atoms with van der Waals surface area (Å²) >= 11 is 6.15. The van der Waals surface area contributed by atoms with Crippen molar-refractivity contribution in [3.63, 3.8) is 0 Å². The van der Waals surface area contributed by atoms with Crippen molar-refractivity contribution >= 4 is 34.8 Å². The number of amides is 2. The van der Waals surface area contributed by atoms with Crippen molar-refractivity contribution in [2.75, 3.05) is 23.9 Å². The lowest BCUT2D eigenvalue weighted by Gasteiger charge is -2.18. The first-order valence-corrected chi connectivity index (χ1v) is 9.31. The van der Waals surface area contributed by atoms with E-state index in [0.717, 1.165) is 5.69 Å². The molecule has 5 nitrogen and oxygen atoms in total. The van der Waals surface area contributed by atoms with Crippen LogP contribution < -0.4 is 15.0 Å². The third-order valence-corrected chi connectivity index (χ3v) is 5.08. The normalized spacial score (nSPS) is 16.7. The molecular weight excluding hydrogens is 364 g/mol. The lowest BCUT2D eigenvalue weighted by atomic mass is 10.0. The second-order valence-electron chi connectivity index (χ2n) is 6.99. The van der Waals surface area contributed by atoms with E-state index in [2.05, 4.69) is 19.2 Å². The fourth-order valence-corrected chi connectivity index (χ4v) is 3.40. The Morgan fingerprint density at radius 2 is 1.93 bits per heavy atom. The topological polar surface area (TPSA) is 58.6 Å². The Bertz CT molecular complexity index is 849. The van der Waals surface area contributed by atoms with Crippen LogP contribution in [0.4, 0.5) is 11.4 Å². The van der Waals surface area contributed by atoms with Crippen molar-refractivity contribution in [3.05, 3.63) is 53.1 Å². The zero-order valence-corrected chi connectivity index (χ0v) is 16.4. The number of anilines is 2. The van der Waals surface area contributed by atoms with Crippen LogP contribution in [0.1, 0.15) is 31.7 Å². The molecule has 1 N–H and O–H groups in total. The highest BCUT2D eigenvalue weighted by molar-refractivity contribution is 6.32. The van der Waals surface area contributed by atoms with Crippen LogP contribution in [-0.2, 0) is 9.59 Å². The van der Waals surface area contributed by atoms with Crippen molar-refractivity contribution in [2.24, 2.45) is 5.92 Å². The van der Waals surface area contributed by atoms with Gasteiger partial charge in [-0.1, -0.05) is 37.6 Å². The molecular formula is C21H23ClN2O3. The molecule has 2 amide bonds. The number of nitrogens with one attached hydrogen (secondary N) is 1. The molecule has 0 aromatic heterocycles. The summed E-state index contributed by atoms with van der Waals surface area (Å²) in [5, 5.41) is 3.34. The molecule has 1 heterocycles. The van der Waals surface area contributed by atoms with E-state index in [1.165, 1.54) is 12.7 Å². The fourth-order valence-electron chi connectivity index (χ4n) is 3.15. The lowest BCUT2D eigenvalue weighted by molar-refractivity contribution is -0.122. The number of rotatable bonds is 5. The summed E-state index contributed by atoms with van der Waals surface area (Å²) in [7, 11) is 1.54. The van der Waals surface area contributed by atoms with Crippen LogP contribution in [0.15, 0.2) is 42.5 Å². The molecule has 1 aliphatic heterocycles. The number of carbonyl (C=O) groups is 2. The number of ether oxygens (including phenoxy) is 1. The van der Waals surface area contributed by atoms with Crippen LogP contribution in [-0.4, -0.2) is 25.5 Å². The number of hydrogen-bond acceptors (Lipinski definition) is 3. The van der Waals surface area contributed by atoms with E-state index in [4.69, 9.17) is 16.3 Å². The quantitative estimate of drug-likeness (QED) is 0.825. The third kappa shape index (κ3) is 4.25. The van der Waals surface area contributed by atoms with Crippen molar-refractivity contribution in [2.45, 2.75) is 26.2 Å². The predicted molar refractivity (Wildman–Crippen MR) is 108 cm³/mol. The summed E-state index contributed by atoms with van der Waals surface area (Å²) in [6.45, 7) is 4.58. The zero-order chi connectivity index (χ0) is 19.6. The molecule has 27 heavy (non-hydrogen) atoms.